The van der Waals surface area contributed by atoms with Gasteiger partial charge in [0.05, 0.1) is 24.5 Å². The lowest BCUT2D eigenvalue weighted by Gasteiger charge is -2.72. The first-order valence-electron chi connectivity index (χ1n) is 19.8. The molecule has 2 N–H and O–H groups in total. The number of esters is 1. The van der Waals surface area contributed by atoms with E-state index in [4.69, 9.17) is 14.2 Å². The number of alkyl carbamates (subject to hydrolysis) is 1. The molecule has 0 aromatic rings. The van der Waals surface area contributed by atoms with E-state index in [2.05, 4.69) is 44.8 Å². The number of carboxylic acid groups (broad SMARTS) is 1. The van der Waals surface area contributed by atoms with Crippen molar-refractivity contribution in [2.45, 2.75) is 131 Å². The predicted molar refractivity (Wildman–Crippen MR) is 186 cm³/mol. The summed E-state index contributed by atoms with van der Waals surface area (Å²) in [7, 11) is 0. The number of carbonyl (C=O) groups is 3. The summed E-state index contributed by atoms with van der Waals surface area (Å²) in [6, 6.07) is 0.291. The third-order valence-corrected chi connectivity index (χ3v) is 16.8. The second-order valence-corrected chi connectivity index (χ2v) is 18.9. The lowest BCUT2D eigenvalue weighted by molar-refractivity contribution is -0.249. The van der Waals surface area contributed by atoms with Gasteiger partial charge in [0.25, 0.3) is 0 Å². The highest BCUT2D eigenvalue weighted by Crippen LogP contribution is 2.77. The smallest absolute Gasteiger partial charge is 0.407 e. The van der Waals surface area contributed by atoms with E-state index in [0.717, 1.165) is 90.5 Å². The number of carbonyl (C=O) groups excluding carboxylic acids is 2. The molecule has 0 radical (unpaired) electrons. The first-order valence-corrected chi connectivity index (χ1v) is 19.8. The summed E-state index contributed by atoms with van der Waals surface area (Å²) in [4.78, 5) is 41.9. The van der Waals surface area contributed by atoms with Crippen LogP contribution in [0.25, 0.3) is 0 Å². The molecule has 1 heterocycles. The van der Waals surface area contributed by atoms with E-state index < -0.39 is 11.4 Å². The van der Waals surface area contributed by atoms with Crippen molar-refractivity contribution in [3.63, 3.8) is 0 Å². The third-order valence-electron chi connectivity index (χ3n) is 16.8. The molecule has 6 saturated carbocycles. The Labute approximate surface area is 294 Å². The number of nitrogens with one attached hydrogen (secondary N) is 1. The predicted octanol–water partition coefficient (Wildman–Crippen LogP) is 6.92. The molecule has 1 aliphatic heterocycles. The molecule has 0 aromatic heterocycles. The second-order valence-electron chi connectivity index (χ2n) is 18.9. The van der Waals surface area contributed by atoms with Crippen molar-refractivity contribution in [2.24, 2.45) is 62.6 Å². The molecule has 5 unspecified atom stereocenters. The van der Waals surface area contributed by atoms with Gasteiger partial charge in [-0.25, -0.2) is 4.79 Å². The van der Waals surface area contributed by atoms with Gasteiger partial charge in [-0.05, 0) is 123 Å². The Morgan fingerprint density at radius 2 is 1.59 bits per heavy atom. The Balaban J connectivity index is 1.10. The lowest BCUT2D eigenvalue weighted by atomic mass is 9.32. The van der Waals surface area contributed by atoms with Crippen molar-refractivity contribution in [1.82, 2.24) is 10.2 Å². The van der Waals surface area contributed by atoms with E-state index in [9.17, 15) is 19.5 Å². The van der Waals surface area contributed by atoms with Crippen molar-refractivity contribution < 1.29 is 33.7 Å². The van der Waals surface area contributed by atoms with Gasteiger partial charge in [-0.15, -0.1) is 0 Å². The monoisotopic (exact) mass is 684 g/mol. The number of amides is 1. The fourth-order valence-corrected chi connectivity index (χ4v) is 13.7. The summed E-state index contributed by atoms with van der Waals surface area (Å²) in [6.07, 6.45) is 11.2. The minimum atomic E-state index is -0.750. The second kappa shape index (κ2) is 12.7. The number of fused-ring (bicyclic) bond motifs is 7. The van der Waals surface area contributed by atoms with Gasteiger partial charge >= 0.3 is 18.0 Å². The topological polar surface area (TPSA) is 114 Å². The summed E-state index contributed by atoms with van der Waals surface area (Å²) in [5.74, 6) is 0.143. The summed E-state index contributed by atoms with van der Waals surface area (Å²) in [6.45, 7) is 18.6. The van der Waals surface area contributed by atoms with Crippen LogP contribution in [-0.4, -0.2) is 79.6 Å². The molecule has 49 heavy (non-hydrogen) atoms. The molecule has 9 nitrogen and oxygen atoms in total. The number of ether oxygens (including phenoxy) is 3. The Hall–Kier alpha value is -1.87. The quantitative estimate of drug-likeness (QED) is 0.265. The Morgan fingerprint density at radius 1 is 0.857 bits per heavy atom. The van der Waals surface area contributed by atoms with E-state index in [-0.39, 0.29) is 63.5 Å². The average Bonchev–Trinajstić information content (AvgIpc) is 3.78. The fourth-order valence-electron chi connectivity index (χ4n) is 13.7. The minimum absolute atomic E-state index is 0.00228. The Morgan fingerprint density at radius 3 is 2.29 bits per heavy atom. The van der Waals surface area contributed by atoms with Crippen LogP contribution in [0.4, 0.5) is 4.79 Å². The summed E-state index contributed by atoms with van der Waals surface area (Å²) < 4.78 is 17.5. The largest absolute Gasteiger partial charge is 0.481 e. The molecular formula is C40H64N2O7. The van der Waals surface area contributed by atoms with Crippen LogP contribution in [0.1, 0.15) is 119 Å². The van der Waals surface area contributed by atoms with Gasteiger partial charge in [-0.3, -0.25) is 14.5 Å². The maximum atomic E-state index is 13.6. The number of morpholine rings is 1. The summed E-state index contributed by atoms with van der Waals surface area (Å²) in [5, 5.41) is 14.0. The first kappa shape index (κ1) is 35.5. The molecule has 0 bridgehead atoms. The first-order chi connectivity index (χ1) is 23.2. The maximum Gasteiger partial charge on any atom is 0.407 e. The number of hydrogen-bond acceptors (Lipinski definition) is 7. The van der Waals surface area contributed by atoms with Crippen LogP contribution in [0.5, 0.6) is 0 Å². The van der Waals surface area contributed by atoms with Gasteiger partial charge in [-0.1, -0.05) is 41.5 Å². The van der Waals surface area contributed by atoms with Crippen molar-refractivity contribution in [3.8, 4) is 0 Å². The number of carboxylic acids is 1. The van der Waals surface area contributed by atoms with Crippen LogP contribution in [-0.2, 0) is 23.8 Å². The number of rotatable bonds is 8. The molecule has 1 saturated heterocycles. The van der Waals surface area contributed by atoms with Crippen molar-refractivity contribution in [2.75, 3.05) is 39.5 Å². The normalized spacial score (nSPS) is 45.1. The van der Waals surface area contributed by atoms with Gasteiger partial charge in [0.15, 0.2) is 0 Å². The Kier molecular flexibility index (Phi) is 9.18. The molecule has 9 heteroatoms. The molecule has 7 aliphatic rings. The highest BCUT2D eigenvalue weighted by Gasteiger charge is 2.72. The lowest BCUT2D eigenvalue weighted by Crippen LogP contribution is -2.67. The van der Waals surface area contributed by atoms with Crippen LogP contribution in [0.3, 0.4) is 0 Å². The van der Waals surface area contributed by atoms with Crippen molar-refractivity contribution in [1.29, 1.82) is 0 Å². The molecule has 0 spiro atoms. The molecule has 11 atom stereocenters. The van der Waals surface area contributed by atoms with E-state index in [1.807, 2.05) is 6.92 Å². The molecule has 6 aliphatic carbocycles. The number of nitrogens with zero attached hydrogens (tertiary/aromatic N) is 1. The minimum Gasteiger partial charge on any atom is -0.481 e. The molecule has 7 fully saturated rings. The van der Waals surface area contributed by atoms with Gasteiger partial charge in [-0.2, -0.15) is 0 Å². The maximum absolute atomic E-state index is 13.6. The van der Waals surface area contributed by atoms with Gasteiger partial charge in [0.1, 0.15) is 12.7 Å². The molecule has 276 valence electrons. The highest BCUT2D eigenvalue weighted by molar-refractivity contribution is 5.77. The van der Waals surface area contributed by atoms with Crippen molar-refractivity contribution >= 4 is 18.0 Å². The van der Waals surface area contributed by atoms with E-state index in [0.29, 0.717) is 43.9 Å². The zero-order valence-corrected chi connectivity index (χ0v) is 31.2. The van der Waals surface area contributed by atoms with Gasteiger partial charge in [0.2, 0.25) is 0 Å². The molecule has 0 aromatic carbocycles. The van der Waals surface area contributed by atoms with Crippen LogP contribution in [0.15, 0.2) is 0 Å². The Bertz CT molecular complexity index is 1290. The van der Waals surface area contributed by atoms with Crippen LogP contribution in [0.2, 0.25) is 0 Å². The van der Waals surface area contributed by atoms with Crippen LogP contribution in [0, 0.1) is 62.6 Å². The van der Waals surface area contributed by atoms with E-state index >= 15 is 0 Å². The average molecular weight is 685 g/mol. The fraction of sp³-hybridized carbons (Fsp3) is 0.925. The van der Waals surface area contributed by atoms with E-state index in [1.54, 1.807) is 0 Å². The molecular weight excluding hydrogens is 620 g/mol. The number of hydrogen-bond donors (Lipinski definition) is 2. The van der Waals surface area contributed by atoms with Gasteiger partial charge in [0, 0.05) is 31.1 Å². The highest BCUT2D eigenvalue weighted by atomic mass is 16.6. The number of aliphatic carboxylic acids is 1. The standard InChI is InChI=1S/C40H64N2O7/c1-25(33(43)48-24-21-42-19-22-47-23-20-42)27-11-16-40(34(44)45)18-17-38(5)28(32(27)40)9-10-30-37(4)14-13-31(49-35(46)41-26-7-8-26)36(2,3)29(37)12-15-39(30,38)6/h25-32H,7-24H2,1-6H3,(H,41,46)(H,44,45)/t25?,27-,28?,29?,30?,31+,32?,37-,38+,39+,40-/m0/s1. The molecule has 7 rings (SSSR count). The zero-order valence-electron chi connectivity index (χ0n) is 31.2. The van der Waals surface area contributed by atoms with Gasteiger partial charge < -0.3 is 24.6 Å². The zero-order chi connectivity index (χ0) is 35.0. The van der Waals surface area contributed by atoms with Crippen LogP contribution >= 0.6 is 0 Å². The SMILES string of the molecule is CC(C(=O)OCCN1CCOCC1)[C@@H]1CC[C@]2(C(=O)O)CC[C@]3(C)C(CCC4[C@@]5(C)CC[C@@H](OC(=O)NC6CC6)C(C)(C)C5CC[C@]43C)C12. The van der Waals surface area contributed by atoms with Crippen LogP contribution < -0.4 is 5.32 Å². The van der Waals surface area contributed by atoms with Crippen molar-refractivity contribution in [3.05, 3.63) is 0 Å². The summed E-state index contributed by atoms with van der Waals surface area (Å²) >= 11 is 0. The van der Waals surface area contributed by atoms with E-state index in [1.165, 1.54) is 0 Å². The summed E-state index contributed by atoms with van der Waals surface area (Å²) in [5.41, 5.74) is -0.664. The third kappa shape index (κ3) is 5.65. The molecule has 1 amide bonds.